The molecule has 10 heteroatoms. The molecule has 1 aromatic heterocycles. The van der Waals surface area contributed by atoms with Crippen LogP contribution < -0.4 is 21.3 Å². The summed E-state index contributed by atoms with van der Waals surface area (Å²) in [7, 11) is -2.45. The van der Waals surface area contributed by atoms with Crippen molar-refractivity contribution in [3.8, 4) is 0 Å². The molecule has 0 saturated carbocycles. The molecule has 3 saturated heterocycles. The van der Waals surface area contributed by atoms with Crippen LogP contribution in [0, 0.1) is 11.8 Å². The maximum atomic E-state index is 12.8. The van der Waals surface area contributed by atoms with Crippen molar-refractivity contribution in [2.45, 2.75) is 38.1 Å². The number of nitrogens with one attached hydrogen (secondary N) is 3. The molecular formula is C28H43ClN7OP. The van der Waals surface area contributed by atoms with E-state index >= 15 is 0 Å². The number of para-hydroxylation sites is 1. The predicted molar refractivity (Wildman–Crippen MR) is 159 cm³/mol. The van der Waals surface area contributed by atoms with Gasteiger partial charge in [0, 0.05) is 37.5 Å². The van der Waals surface area contributed by atoms with Gasteiger partial charge in [0.1, 0.15) is 12.2 Å². The molecule has 0 aliphatic carbocycles. The van der Waals surface area contributed by atoms with Gasteiger partial charge in [-0.3, -0.25) is 0 Å². The molecule has 4 heterocycles. The largest absolute Gasteiger partial charge is 0.350 e. The molecule has 1 aromatic carbocycles. The summed E-state index contributed by atoms with van der Waals surface area (Å²) in [5.74, 6) is 2.78. The highest BCUT2D eigenvalue weighted by molar-refractivity contribution is 7.70. The third kappa shape index (κ3) is 7.48. The maximum Gasteiger partial charge on any atom is 0.224 e. The summed E-state index contributed by atoms with van der Waals surface area (Å²) in [4.78, 5) is 14.4. The first-order valence-corrected chi connectivity index (χ1v) is 17.2. The number of halogens is 1. The lowest BCUT2D eigenvalue weighted by Crippen LogP contribution is -2.42. The standard InChI is InChI=1S/C28H43ClN7OP/c1-38(2,37)26-6-4-3-5-25(26)33-27-24(29)17-31-28(34-27)32-23-11-16-36(20-23)19-22-9-14-35(15-10-22)18-21-7-12-30-13-8-21/h3-6,17,21-23,30H,7-16,18-20H2,1-2H3,(H2,31,32,33,34)/t23-/m1/s1. The van der Waals surface area contributed by atoms with Gasteiger partial charge in [-0.15, -0.1) is 0 Å². The molecule has 0 amide bonds. The van der Waals surface area contributed by atoms with E-state index in [0.29, 0.717) is 22.8 Å². The second-order valence-corrected chi connectivity index (χ2v) is 15.3. The van der Waals surface area contributed by atoms with Crippen LogP contribution in [0.2, 0.25) is 5.02 Å². The molecule has 3 aliphatic rings. The summed E-state index contributed by atoms with van der Waals surface area (Å²) in [5.41, 5.74) is 0.765. The number of piperidine rings is 2. The van der Waals surface area contributed by atoms with E-state index in [1.807, 2.05) is 24.3 Å². The first kappa shape index (κ1) is 27.9. The van der Waals surface area contributed by atoms with Crippen molar-refractivity contribution in [2.75, 3.05) is 76.3 Å². The van der Waals surface area contributed by atoms with Gasteiger partial charge in [-0.1, -0.05) is 23.7 Å². The summed E-state index contributed by atoms with van der Waals surface area (Å²) < 4.78 is 12.8. The SMILES string of the molecule is CP(C)(=O)c1ccccc1Nc1nc(N[C@@H]2CCN(CC3CCN(CC4CCNCC4)CC3)C2)ncc1Cl. The van der Waals surface area contributed by atoms with Gasteiger partial charge >= 0.3 is 0 Å². The summed E-state index contributed by atoms with van der Waals surface area (Å²) >= 11 is 6.43. The Morgan fingerprint density at radius 1 is 1.00 bits per heavy atom. The van der Waals surface area contributed by atoms with Crippen LogP contribution in [-0.4, -0.2) is 91.5 Å². The Morgan fingerprint density at radius 3 is 2.45 bits per heavy atom. The van der Waals surface area contributed by atoms with Gasteiger partial charge in [-0.2, -0.15) is 4.98 Å². The molecule has 208 valence electrons. The van der Waals surface area contributed by atoms with E-state index in [4.69, 9.17) is 11.6 Å². The lowest BCUT2D eigenvalue weighted by Gasteiger charge is -2.36. The van der Waals surface area contributed by atoms with Gasteiger partial charge in [0.15, 0.2) is 5.82 Å². The number of anilines is 3. The lowest BCUT2D eigenvalue weighted by atomic mass is 9.93. The van der Waals surface area contributed by atoms with Gasteiger partial charge in [0.2, 0.25) is 5.95 Å². The fourth-order valence-corrected chi connectivity index (χ4v) is 7.44. The first-order chi connectivity index (χ1) is 18.3. The first-order valence-electron chi connectivity index (χ1n) is 14.2. The Labute approximate surface area is 232 Å². The summed E-state index contributed by atoms with van der Waals surface area (Å²) in [6.07, 6.45) is 8.02. The van der Waals surface area contributed by atoms with E-state index in [2.05, 4.69) is 35.7 Å². The van der Waals surface area contributed by atoms with Crippen molar-refractivity contribution in [1.29, 1.82) is 0 Å². The van der Waals surface area contributed by atoms with Gasteiger partial charge in [0.25, 0.3) is 0 Å². The van der Waals surface area contributed by atoms with E-state index in [1.54, 1.807) is 19.5 Å². The molecule has 0 unspecified atom stereocenters. The molecule has 8 nitrogen and oxygen atoms in total. The number of hydrogen-bond donors (Lipinski definition) is 3. The zero-order valence-corrected chi connectivity index (χ0v) is 24.5. The van der Waals surface area contributed by atoms with E-state index in [0.717, 1.165) is 42.3 Å². The maximum absolute atomic E-state index is 12.8. The Morgan fingerprint density at radius 2 is 1.68 bits per heavy atom. The fraction of sp³-hybridized carbons (Fsp3) is 0.643. The molecule has 3 N–H and O–H groups in total. The van der Waals surface area contributed by atoms with Crippen molar-refractivity contribution in [3.63, 3.8) is 0 Å². The minimum Gasteiger partial charge on any atom is -0.350 e. The third-order valence-corrected chi connectivity index (χ3v) is 10.1. The Balaban J connectivity index is 1.10. The number of benzene rings is 1. The van der Waals surface area contributed by atoms with Gasteiger partial charge in [-0.05, 0) is 95.6 Å². The topological polar surface area (TPSA) is 85.4 Å². The monoisotopic (exact) mass is 559 g/mol. The number of likely N-dealkylation sites (tertiary alicyclic amines) is 2. The predicted octanol–water partition coefficient (Wildman–Crippen LogP) is 4.32. The minimum atomic E-state index is -2.45. The fourth-order valence-electron chi connectivity index (χ4n) is 6.15. The molecule has 38 heavy (non-hydrogen) atoms. The Hall–Kier alpha value is -1.70. The van der Waals surface area contributed by atoms with Gasteiger partial charge < -0.3 is 30.3 Å². The van der Waals surface area contributed by atoms with Crippen molar-refractivity contribution in [2.24, 2.45) is 11.8 Å². The number of hydrogen-bond acceptors (Lipinski definition) is 8. The van der Waals surface area contributed by atoms with E-state index in [-0.39, 0.29) is 0 Å². The summed E-state index contributed by atoms with van der Waals surface area (Å²) in [6.45, 7) is 13.1. The molecule has 0 radical (unpaired) electrons. The number of rotatable bonds is 9. The highest BCUT2D eigenvalue weighted by atomic mass is 35.5. The summed E-state index contributed by atoms with van der Waals surface area (Å²) in [6, 6.07) is 7.94. The average Bonchev–Trinajstić information content (AvgIpc) is 3.34. The van der Waals surface area contributed by atoms with E-state index < -0.39 is 7.14 Å². The van der Waals surface area contributed by atoms with Crippen molar-refractivity contribution >= 4 is 41.5 Å². The summed E-state index contributed by atoms with van der Waals surface area (Å²) in [5, 5.41) is 11.5. The molecule has 0 spiro atoms. The van der Waals surface area contributed by atoms with Crippen molar-refractivity contribution in [3.05, 3.63) is 35.5 Å². The van der Waals surface area contributed by atoms with Gasteiger partial charge in [0.05, 0.1) is 11.9 Å². The zero-order chi connectivity index (χ0) is 26.5. The molecule has 5 rings (SSSR count). The van der Waals surface area contributed by atoms with Crippen LogP contribution in [0.15, 0.2) is 30.5 Å². The van der Waals surface area contributed by atoms with Crippen LogP contribution in [0.4, 0.5) is 17.5 Å². The number of aromatic nitrogens is 2. The lowest BCUT2D eigenvalue weighted by molar-refractivity contribution is 0.129. The third-order valence-electron chi connectivity index (χ3n) is 8.29. The second kappa shape index (κ2) is 12.6. The Kier molecular flexibility index (Phi) is 9.27. The second-order valence-electron chi connectivity index (χ2n) is 11.7. The van der Waals surface area contributed by atoms with Crippen LogP contribution in [0.1, 0.15) is 32.1 Å². The molecule has 0 bridgehead atoms. The van der Waals surface area contributed by atoms with Crippen LogP contribution in [0.25, 0.3) is 0 Å². The van der Waals surface area contributed by atoms with E-state index in [1.165, 1.54) is 65.0 Å². The molecule has 2 aromatic rings. The minimum absolute atomic E-state index is 0.322. The molecule has 3 fully saturated rings. The number of nitrogens with zero attached hydrogens (tertiary/aromatic N) is 4. The molecule has 3 aliphatic heterocycles. The van der Waals surface area contributed by atoms with Crippen LogP contribution in [-0.2, 0) is 4.57 Å². The average molecular weight is 560 g/mol. The van der Waals surface area contributed by atoms with Gasteiger partial charge in [-0.25, -0.2) is 4.98 Å². The van der Waals surface area contributed by atoms with Crippen molar-refractivity contribution < 1.29 is 4.57 Å². The smallest absolute Gasteiger partial charge is 0.224 e. The zero-order valence-electron chi connectivity index (χ0n) is 22.8. The highest BCUT2D eigenvalue weighted by Crippen LogP contribution is 2.38. The normalized spacial score (nSPS) is 22.6. The van der Waals surface area contributed by atoms with Crippen LogP contribution in [0.5, 0.6) is 0 Å². The van der Waals surface area contributed by atoms with Crippen LogP contribution in [0.3, 0.4) is 0 Å². The van der Waals surface area contributed by atoms with Crippen molar-refractivity contribution in [1.82, 2.24) is 25.1 Å². The van der Waals surface area contributed by atoms with E-state index in [9.17, 15) is 4.57 Å². The Bertz CT molecular complexity index is 1110. The molecule has 1 atom stereocenters. The highest BCUT2D eigenvalue weighted by Gasteiger charge is 2.28. The molecular weight excluding hydrogens is 517 g/mol. The quantitative estimate of drug-likeness (QED) is 0.392. The van der Waals surface area contributed by atoms with Crippen LogP contribution >= 0.6 is 18.7 Å².